The topological polar surface area (TPSA) is 72.0 Å². The van der Waals surface area contributed by atoms with Crippen LogP contribution >= 0.6 is 0 Å². The van der Waals surface area contributed by atoms with Crippen molar-refractivity contribution in [2.45, 2.75) is 82.2 Å². The fourth-order valence-corrected chi connectivity index (χ4v) is 5.78. The SMILES string of the molecule is CCS(=O)C1CCCC(NC(=NC)NCc2ccc(OC3CCCC3)c(OC)c2)C1. The summed E-state index contributed by atoms with van der Waals surface area (Å²) >= 11 is 0. The molecule has 0 heterocycles. The van der Waals surface area contributed by atoms with Crippen LogP contribution < -0.4 is 20.1 Å². The Bertz CT molecular complexity index is 734. The van der Waals surface area contributed by atoms with Crippen LogP contribution in [0.5, 0.6) is 11.5 Å². The number of hydrogen-bond donors (Lipinski definition) is 2. The Balaban J connectivity index is 1.53. The number of methoxy groups -OCH3 is 1. The number of nitrogens with one attached hydrogen (secondary N) is 2. The average molecular weight is 436 g/mol. The molecule has 2 N–H and O–H groups in total. The van der Waals surface area contributed by atoms with E-state index in [1.165, 1.54) is 12.8 Å². The van der Waals surface area contributed by atoms with Gasteiger partial charge in [-0.3, -0.25) is 9.20 Å². The molecule has 0 saturated heterocycles. The number of hydrogen-bond acceptors (Lipinski definition) is 4. The molecule has 2 fully saturated rings. The molecule has 168 valence electrons. The highest BCUT2D eigenvalue weighted by atomic mass is 32.2. The predicted molar refractivity (Wildman–Crippen MR) is 124 cm³/mol. The maximum atomic E-state index is 12.2. The first-order valence-electron chi connectivity index (χ1n) is 11.3. The number of rotatable bonds is 8. The Kier molecular flexibility index (Phi) is 8.85. The van der Waals surface area contributed by atoms with Crippen molar-refractivity contribution >= 4 is 16.8 Å². The molecule has 0 aromatic heterocycles. The lowest BCUT2D eigenvalue weighted by Gasteiger charge is -2.30. The van der Waals surface area contributed by atoms with E-state index in [9.17, 15) is 4.21 Å². The van der Waals surface area contributed by atoms with Gasteiger partial charge >= 0.3 is 0 Å². The average Bonchev–Trinajstić information content (AvgIpc) is 3.30. The summed E-state index contributed by atoms with van der Waals surface area (Å²) in [7, 11) is 2.76. The standard InChI is InChI=1S/C23H37N3O3S/c1-4-30(27)20-11-7-8-18(15-20)26-23(24-2)25-16-17-12-13-21(22(14-17)28-3)29-19-9-5-6-10-19/h12-14,18-20H,4-11,15-16H2,1-3H3,(H2,24,25,26). The number of benzene rings is 1. The maximum Gasteiger partial charge on any atom is 0.191 e. The van der Waals surface area contributed by atoms with Crippen LogP contribution in [0.25, 0.3) is 0 Å². The molecule has 3 rings (SSSR count). The fourth-order valence-electron chi connectivity index (χ4n) is 4.43. The van der Waals surface area contributed by atoms with Crippen LogP contribution in [0.2, 0.25) is 0 Å². The summed E-state index contributed by atoms with van der Waals surface area (Å²) in [6, 6.07) is 6.44. The second-order valence-electron chi connectivity index (χ2n) is 8.23. The number of ether oxygens (including phenoxy) is 2. The van der Waals surface area contributed by atoms with Gasteiger partial charge < -0.3 is 20.1 Å². The lowest BCUT2D eigenvalue weighted by molar-refractivity contribution is 0.200. The minimum atomic E-state index is -0.719. The minimum absolute atomic E-state index is 0.302. The molecular formula is C23H37N3O3S. The van der Waals surface area contributed by atoms with Gasteiger partial charge in [0, 0.05) is 41.4 Å². The molecule has 3 unspecified atom stereocenters. The Morgan fingerprint density at radius 2 is 1.97 bits per heavy atom. The van der Waals surface area contributed by atoms with Crippen LogP contribution in [0.15, 0.2) is 23.2 Å². The largest absolute Gasteiger partial charge is 0.493 e. The summed E-state index contributed by atoms with van der Waals surface area (Å²) in [4.78, 5) is 4.38. The van der Waals surface area contributed by atoms with E-state index in [0.29, 0.717) is 23.9 Å². The Hall–Kier alpha value is -1.76. The van der Waals surface area contributed by atoms with Crippen LogP contribution in [0.3, 0.4) is 0 Å². The molecule has 1 aromatic carbocycles. The van der Waals surface area contributed by atoms with Gasteiger partial charge in [-0.2, -0.15) is 0 Å². The summed E-state index contributed by atoms with van der Waals surface area (Å²) < 4.78 is 23.9. The number of guanidine groups is 1. The third-order valence-corrected chi connectivity index (χ3v) is 7.87. The van der Waals surface area contributed by atoms with Crippen LogP contribution in [-0.4, -0.2) is 47.5 Å². The van der Waals surface area contributed by atoms with E-state index in [-0.39, 0.29) is 0 Å². The molecule has 7 heteroatoms. The Labute approximate surface area is 183 Å². The van der Waals surface area contributed by atoms with Crippen molar-refractivity contribution in [1.82, 2.24) is 10.6 Å². The van der Waals surface area contributed by atoms with E-state index in [4.69, 9.17) is 9.47 Å². The van der Waals surface area contributed by atoms with Gasteiger partial charge in [-0.25, -0.2) is 0 Å². The summed E-state index contributed by atoms with van der Waals surface area (Å²) in [6.07, 6.45) is 9.29. The summed E-state index contributed by atoms with van der Waals surface area (Å²) in [5.74, 6) is 3.13. The van der Waals surface area contributed by atoms with Crippen LogP contribution in [0.1, 0.15) is 63.9 Å². The Morgan fingerprint density at radius 1 is 1.17 bits per heavy atom. The van der Waals surface area contributed by atoms with Gasteiger partial charge in [0.1, 0.15) is 0 Å². The number of aliphatic imine (C=N–C) groups is 1. The highest BCUT2D eigenvalue weighted by molar-refractivity contribution is 7.85. The zero-order valence-electron chi connectivity index (χ0n) is 18.6. The molecule has 0 amide bonds. The van der Waals surface area contributed by atoms with E-state index in [2.05, 4.69) is 21.7 Å². The lowest BCUT2D eigenvalue weighted by Crippen LogP contribution is -2.46. The third-order valence-electron chi connectivity index (χ3n) is 6.13. The predicted octanol–water partition coefficient (Wildman–Crippen LogP) is 3.76. The second-order valence-corrected chi connectivity index (χ2v) is 10.2. The monoisotopic (exact) mass is 435 g/mol. The van der Waals surface area contributed by atoms with E-state index < -0.39 is 10.8 Å². The van der Waals surface area contributed by atoms with Gasteiger partial charge in [0.2, 0.25) is 0 Å². The van der Waals surface area contributed by atoms with Gasteiger partial charge in [-0.05, 0) is 62.6 Å². The summed E-state index contributed by atoms with van der Waals surface area (Å²) in [5, 5.41) is 7.23. The normalized spacial score (nSPS) is 23.8. The van der Waals surface area contributed by atoms with Crippen molar-refractivity contribution < 1.29 is 13.7 Å². The molecule has 2 saturated carbocycles. The molecule has 1 aromatic rings. The highest BCUT2D eigenvalue weighted by Gasteiger charge is 2.26. The lowest BCUT2D eigenvalue weighted by atomic mass is 9.95. The zero-order valence-corrected chi connectivity index (χ0v) is 19.4. The molecule has 0 bridgehead atoms. The highest BCUT2D eigenvalue weighted by Crippen LogP contribution is 2.32. The third kappa shape index (κ3) is 6.37. The van der Waals surface area contributed by atoms with Crippen LogP contribution in [0, 0.1) is 0 Å². The van der Waals surface area contributed by atoms with Crippen molar-refractivity contribution in [3.8, 4) is 11.5 Å². The number of nitrogens with zero attached hydrogens (tertiary/aromatic N) is 1. The maximum absolute atomic E-state index is 12.2. The van der Waals surface area contributed by atoms with Gasteiger partial charge in [-0.15, -0.1) is 0 Å². The quantitative estimate of drug-likeness (QED) is 0.480. The molecule has 2 aliphatic rings. The molecule has 0 spiro atoms. The zero-order chi connectivity index (χ0) is 21.3. The minimum Gasteiger partial charge on any atom is -0.493 e. The molecule has 30 heavy (non-hydrogen) atoms. The van der Waals surface area contributed by atoms with E-state index in [1.54, 1.807) is 14.2 Å². The molecule has 6 nitrogen and oxygen atoms in total. The van der Waals surface area contributed by atoms with Crippen molar-refractivity contribution in [3.05, 3.63) is 23.8 Å². The van der Waals surface area contributed by atoms with Crippen molar-refractivity contribution in [3.63, 3.8) is 0 Å². The van der Waals surface area contributed by atoms with E-state index in [1.807, 2.05) is 19.1 Å². The van der Waals surface area contributed by atoms with Crippen LogP contribution in [-0.2, 0) is 17.3 Å². The van der Waals surface area contributed by atoms with Crippen LogP contribution in [0.4, 0.5) is 0 Å². The van der Waals surface area contributed by atoms with Gasteiger partial charge in [0.25, 0.3) is 0 Å². The molecule has 3 atom stereocenters. The van der Waals surface area contributed by atoms with Gasteiger partial charge in [0.05, 0.1) is 13.2 Å². The first kappa shape index (κ1) is 22.9. The van der Waals surface area contributed by atoms with Crippen molar-refractivity contribution in [1.29, 1.82) is 0 Å². The van der Waals surface area contributed by atoms with E-state index in [0.717, 1.165) is 67.3 Å². The smallest absolute Gasteiger partial charge is 0.191 e. The molecular weight excluding hydrogens is 398 g/mol. The van der Waals surface area contributed by atoms with Gasteiger partial charge in [-0.1, -0.05) is 19.4 Å². The van der Waals surface area contributed by atoms with Gasteiger partial charge in [0.15, 0.2) is 17.5 Å². The molecule has 0 aliphatic heterocycles. The Morgan fingerprint density at radius 3 is 2.67 bits per heavy atom. The fraction of sp³-hybridized carbons (Fsp3) is 0.696. The first-order valence-corrected chi connectivity index (χ1v) is 12.7. The molecule has 0 radical (unpaired) electrons. The summed E-state index contributed by atoms with van der Waals surface area (Å²) in [6.45, 7) is 2.66. The summed E-state index contributed by atoms with van der Waals surface area (Å²) in [5.41, 5.74) is 1.11. The van der Waals surface area contributed by atoms with Crippen molar-refractivity contribution in [2.75, 3.05) is 19.9 Å². The second kappa shape index (κ2) is 11.6. The van der Waals surface area contributed by atoms with E-state index >= 15 is 0 Å². The molecule has 2 aliphatic carbocycles. The first-order chi connectivity index (χ1) is 14.6. The van der Waals surface area contributed by atoms with Crippen molar-refractivity contribution in [2.24, 2.45) is 4.99 Å².